The van der Waals surface area contributed by atoms with Crippen molar-refractivity contribution in [3.63, 3.8) is 0 Å². The van der Waals surface area contributed by atoms with Gasteiger partial charge < -0.3 is 10.6 Å². The van der Waals surface area contributed by atoms with Crippen molar-refractivity contribution in [2.45, 2.75) is 24.6 Å². The standard InChI is InChI=1S/C22H23N11O2S/c1-14(2)36(34,35)31-12-22(13-31,11-24-3)33-9-16(21(23)29-33)19-20-17(25-4)7-27-32(20)10-18(28-19)15-6-26-30(5)8-15/h6-10,14H,11-13H2,1-2,5H3,(H2,23,29). The number of hydrogen-bond donors (Lipinski definition) is 1. The quantitative estimate of drug-likeness (QED) is 0.394. The molecule has 36 heavy (non-hydrogen) atoms. The van der Waals surface area contributed by atoms with Crippen LogP contribution in [0.2, 0.25) is 0 Å². The van der Waals surface area contributed by atoms with Gasteiger partial charge in [-0.2, -0.15) is 19.6 Å². The van der Waals surface area contributed by atoms with Gasteiger partial charge in [-0.25, -0.2) is 29.3 Å². The summed E-state index contributed by atoms with van der Waals surface area (Å²) in [6.07, 6.45) is 8.34. The van der Waals surface area contributed by atoms with Crippen LogP contribution >= 0.6 is 0 Å². The summed E-state index contributed by atoms with van der Waals surface area (Å²) in [7, 11) is -1.66. The van der Waals surface area contributed by atoms with Gasteiger partial charge in [0.2, 0.25) is 22.3 Å². The van der Waals surface area contributed by atoms with E-state index in [0.717, 1.165) is 5.56 Å². The van der Waals surface area contributed by atoms with Crippen molar-refractivity contribution in [2.24, 2.45) is 7.05 Å². The van der Waals surface area contributed by atoms with Crippen molar-refractivity contribution in [3.05, 3.63) is 53.8 Å². The second-order valence-electron chi connectivity index (χ2n) is 9.09. The summed E-state index contributed by atoms with van der Waals surface area (Å²) < 4.78 is 31.4. The summed E-state index contributed by atoms with van der Waals surface area (Å²) >= 11 is 0. The summed E-state index contributed by atoms with van der Waals surface area (Å²) in [4.78, 5) is 11.9. The molecule has 4 aromatic rings. The van der Waals surface area contributed by atoms with Crippen LogP contribution < -0.4 is 5.73 Å². The topological polar surface area (TPSA) is 138 Å². The third-order valence-electron chi connectivity index (χ3n) is 6.35. The molecule has 0 spiro atoms. The molecular formula is C22H23N11O2S. The molecule has 0 aromatic carbocycles. The van der Waals surface area contributed by atoms with Crippen molar-refractivity contribution in [3.8, 4) is 22.5 Å². The van der Waals surface area contributed by atoms with E-state index in [2.05, 4.69) is 25.0 Å². The number of hydrogen-bond acceptors (Lipinski definition) is 7. The number of fused-ring (bicyclic) bond motifs is 1. The number of anilines is 1. The lowest BCUT2D eigenvalue weighted by Crippen LogP contribution is -2.66. The van der Waals surface area contributed by atoms with Gasteiger partial charge in [0.05, 0.1) is 52.9 Å². The van der Waals surface area contributed by atoms with E-state index >= 15 is 0 Å². The van der Waals surface area contributed by atoms with Crippen LogP contribution in [-0.2, 0) is 22.6 Å². The Morgan fingerprint density at radius 1 is 1.17 bits per heavy atom. The molecule has 0 atom stereocenters. The first-order chi connectivity index (χ1) is 17.1. The molecular weight excluding hydrogens is 482 g/mol. The first-order valence-electron chi connectivity index (χ1n) is 11.0. The lowest BCUT2D eigenvalue weighted by atomic mass is 9.92. The normalized spacial score (nSPS) is 15.6. The zero-order valence-corrected chi connectivity index (χ0v) is 20.7. The Morgan fingerprint density at radius 3 is 2.53 bits per heavy atom. The fourth-order valence-electron chi connectivity index (χ4n) is 4.33. The van der Waals surface area contributed by atoms with Crippen LogP contribution in [0.15, 0.2) is 31.0 Å². The highest BCUT2D eigenvalue weighted by Gasteiger charge is 2.53. The van der Waals surface area contributed by atoms with E-state index in [1.165, 1.54) is 10.5 Å². The third kappa shape index (κ3) is 3.50. The smallest absolute Gasteiger partial charge is 0.242 e. The van der Waals surface area contributed by atoms with Gasteiger partial charge in [-0.1, -0.05) is 0 Å². The maximum absolute atomic E-state index is 12.6. The Labute approximate surface area is 207 Å². The minimum Gasteiger partial charge on any atom is -0.382 e. The molecule has 2 N–H and O–H groups in total. The highest BCUT2D eigenvalue weighted by Crippen LogP contribution is 2.38. The van der Waals surface area contributed by atoms with Crippen LogP contribution in [0.3, 0.4) is 0 Å². The minimum absolute atomic E-state index is 0.0379. The summed E-state index contributed by atoms with van der Waals surface area (Å²) in [5.41, 5.74) is 8.48. The van der Waals surface area contributed by atoms with Crippen LogP contribution in [0.1, 0.15) is 13.8 Å². The SMILES string of the molecule is [C-]#[N+]CC1(n2cc(-c3nc(-c4cnn(C)c4)cn4ncc([N+]#[C-])c34)c(N)n2)CN(S(=O)(=O)C(C)C)C1. The van der Waals surface area contributed by atoms with Gasteiger partial charge in [-0.05, 0) is 13.8 Å². The lowest BCUT2D eigenvalue weighted by molar-refractivity contribution is 0.0829. The van der Waals surface area contributed by atoms with Gasteiger partial charge in [0.1, 0.15) is 0 Å². The number of nitrogen functional groups attached to an aromatic ring is 1. The second-order valence-corrected chi connectivity index (χ2v) is 11.6. The summed E-state index contributed by atoms with van der Waals surface area (Å²) in [5.74, 6) is 0.152. The van der Waals surface area contributed by atoms with Crippen LogP contribution in [0.4, 0.5) is 11.5 Å². The summed E-state index contributed by atoms with van der Waals surface area (Å²) in [6, 6.07) is 0. The molecule has 0 radical (unpaired) electrons. The molecule has 1 aliphatic heterocycles. The molecule has 0 amide bonds. The van der Waals surface area contributed by atoms with Crippen molar-refractivity contribution in [1.29, 1.82) is 0 Å². The Bertz CT molecular complexity index is 1670. The first kappa shape index (κ1) is 23.5. The molecule has 13 nitrogen and oxygen atoms in total. The highest BCUT2D eigenvalue weighted by molar-refractivity contribution is 7.89. The highest BCUT2D eigenvalue weighted by atomic mass is 32.2. The van der Waals surface area contributed by atoms with Gasteiger partial charge in [0.25, 0.3) is 0 Å². The Hall–Kier alpha value is -4.27. The summed E-state index contributed by atoms with van der Waals surface area (Å²) in [6.45, 7) is 18.6. The molecule has 1 aliphatic rings. The van der Waals surface area contributed by atoms with E-state index in [9.17, 15) is 8.42 Å². The van der Waals surface area contributed by atoms with Crippen molar-refractivity contribution in [1.82, 2.24) is 38.5 Å². The Morgan fingerprint density at radius 2 is 1.92 bits per heavy atom. The molecule has 184 valence electrons. The number of nitrogens with two attached hydrogens (primary N) is 1. The van der Waals surface area contributed by atoms with Crippen LogP contribution in [0.5, 0.6) is 0 Å². The molecule has 4 aromatic heterocycles. The number of nitrogens with zero attached hydrogens (tertiary/aromatic N) is 10. The molecule has 14 heteroatoms. The van der Waals surface area contributed by atoms with E-state index in [0.29, 0.717) is 28.2 Å². The third-order valence-corrected chi connectivity index (χ3v) is 8.52. The monoisotopic (exact) mass is 505 g/mol. The van der Waals surface area contributed by atoms with Gasteiger partial charge in [-0.15, -0.1) is 0 Å². The minimum atomic E-state index is -3.46. The van der Waals surface area contributed by atoms with E-state index in [1.807, 2.05) is 6.20 Å². The average Bonchev–Trinajstić information content (AvgIpc) is 3.53. The van der Waals surface area contributed by atoms with Crippen molar-refractivity contribution in [2.75, 3.05) is 25.4 Å². The zero-order chi connectivity index (χ0) is 25.8. The molecule has 0 bridgehead atoms. The maximum atomic E-state index is 12.6. The predicted octanol–water partition coefficient (Wildman–Crippen LogP) is 1.79. The second kappa shape index (κ2) is 8.15. The van der Waals surface area contributed by atoms with Crippen LogP contribution in [0.25, 0.3) is 37.7 Å². The molecule has 0 saturated carbocycles. The zero-order valence-electron chi connectivity index (χ0n) is 19.9. The molecule has 1 fully saturated rings. The molecule has 1 saturated heterocycles. The maximum Gasteiger partial charge on any atom is 0.242 e. The van der Waals surface area contributed by atoms with E-state index < -0.39 is 20.8 Å². The van der Waals surface area contributed by atoms with E-state index in [-0.39, 0.29) is 25.5 Å². The largest absolute Gasteiger partial charge is 0.382 e. The fraction of sp³-hybridized carbons (Fsp3) is 0.364. The Balaban J connectivity index is 1.63. The van der Waals surface area contributed by atoms with Crippen LogP contribution in [0, 0.1) is 13.1 Å². The number of aromatic nitrogens is 7. The van der Waals surface area contributed by atoms with Gasteiger partial charge in [-0.3, -0.25) is 9.36 Å². The number of sulfonamides is 1. The number of aryl methyl sites for hydroxylation is 1. The number of rotatable bonds is 6. The summed E-state index contributed by atoms with van der Waals surface area (Å²) in [5, 5.41) is 12.4. The molecule has 0 aliphatic carbocycles. The molecule has 5 rings (SSSR count). The van der Waals surface area contributed by atoms with Gasteiger partial charge in [0, 0.05) is 38.1 Å². The first-order valence-corrected chi connectivity index (χ1v) is 12.5. The predicted molar refractivity (Wildman–Crippen MR) is 132 cm³/mol. The Kier molecular flexibility index (Phi) is 5.31. The average molecular weight is 506 g/mol. The van der Waals surface area contributed by atoms with Gasteiger partial charge in [0.15, 0.2) is 11.4 Å². The van der Waals surface area contributed by atoms with Gasteiger partial charge >= 0.3 is 0 Å². The fourth-order valence-corrected chi connectivity index (χ4v) is 5.76. The molecule has 5 heterocycles. The molecule has 0 unspecified atom stereocenters. The van der Waals surface area contributed by atoms with E-state index in [1.54, 1.807) is 53.4 Å². The van der Waals surface area contributed by atoms with Crippen molar-refractivity contribution >= 4 is 27.0 Å². The van der Waals surface area contributed by atoms with Crippen molar-refractivity contribution < 1.29 is 8.42 Å². The van der Waals surface area contributed by atoms with Crippen LogP contribution in [-0.4, -0.2) is 71.8 Å². The lowest BCUT2D eigenvalue weighted by Gasteiger charge is -2.46. The van der Waals surface area contributed by atoms with E-state index in [4.69, 9.17) is 23.9 Å².